The monoisotopic (exact) mass is 398 g/mol. The van der Waals surface area contributed by atoms with Crippen LogP contribution in [0.2, 0.25) is 0 Å². The van der Waals surface area contributed by atoms with Crippen molar-refractivity contribution in [3.63, 3.8) is 0 Å². The molecule has 0 radical (unpaired) electrons. The number of aryl methyl sites for hydroxylation is 1. The normalized spacial score (nSPS) is 12.4. The summed E-state index contributed by atoms with van der Waals surface area (Å²) in [6.45, 7) is 7.08. The van der Waals surface area contributed by atoms with E-state index in [2.05, 4.69) is 9.88 Å². The highest BCUT2D eigenvalue weighted by atomic mass is 19.4. The van der Waals surface area contributed by atoms with Crippen molar-refractivity contribution in [1.29, 1.82) is 0 Å². The molecular formula is C19H25F3N4O2. The van der Waals surface area contributed by atoms with Crippen LogP contribution >= 0.6 is 0 Å². The average Bonchev–Trinajstić information content (AvgIpc) is 3.01. The molecule has 0 aliphatic carbocycles. The lowest BCUT2D eigenvalue weighted by molar-refractivity contribution is -0.134. The van der Waals surface area contributed by atoms with Gasteiger partial charge in [-0.3, -0.25) is 10.0 Å². The van der Waals surface area contributed by atoms with Gasteiger partial charge in [0.2, 0.25) is 0 Å². The first kappa shape index (κ1) is 21.9. The number of benzene rings is 1. The van der Waals surface area contributed by atoms with Crippen molar-refractivity contribution >= 4 is 23.0 Å². The number of carbonyl (C=O) groups excluding carboxylic acids is 1. The first-order chi connectivity index (χ1) is 13.3. The number of nitrogens with one attached hydrogen (secondary N) is 1. The van der Waals surface area contributed by atoms with Crippen molar-refractivity contribution in [2.45, 2.75) is 39.4 Å². The van der Waals surface area contributed by atoms with Crippen LogP contribution in [0.3, 0.4) is 0 Å². The quantitative estimate of drug-likeness (QED) is 0.386. The number of imidazole rings is 1. The van der Waals surface area contributed by atoms with E-state index in [1.54, 1.807) is 18.2 Å². The molecule has 1 heterocycles. The zero-order valence-corrected chi connectivity index (χ0v) is 16.0. The Bertz CT molecular complexity index is 826. The third-order valence-electron chi connectivity index (χ3n) is 4.56. The van der Waals surface area contributed by atoms with Gasteiger partial charge < -0.3 is 9.47 Å². The van der Waals surface area contributed by atoms with Crippen molar-refractivity contribution in [2.24, 2.45) is 0 Å². The molecule has 6 nitrogen and oxygen atoms in total. The smallest absolute Gasteiger partial charge is 0.327 e. The average molecular weight is 398 g/mol. The first-order valence-electron chi connectivity index (χ1n) is 9.17. The minimum absolute atomic E-state index is 0.186. The van der Waals surface area contributed by atoms with Gasteiger partial charge in [-0.05, 0) is 36.9 Å². The highest BCUT2D eigenvalue weighted by molar-refractivity contribution is 5.91. The molecule has 2 aromatic rings. The summed E-state index contributed by atoms with van der Waals surface area (Å²) < 4.78 is 40.0. The Kier molecular flexibility index (Phi) is 7.59. The third-order valence-corrected chi connectivity index (χ3v) is 4.56. The molecule has 2 rings (SSSR count). The first-order valence-corrected chi connectivity index (χ1v) is 9.17. The van der Waals surface area contributed by atoms with E-state index in [1.807, 2.05) is 18.4 Å². The Morgan fingerprint density at radius 1 is 1.32 bits per heavy atom. The van der Waals surface area contributed by atoms with Crippen LogP contribution in [-0.4, -0.2) is 51.4 Å². The fraction of sp³-hybridized carbons (Fsp3) is 0.474. The topological polar surface area (TPSA) is 70.4 Å². The molecule has 1 aromatic heterocycles. The minimum Gasteiger partial charge on any atom is -0.327 e. The molecule has 0 saturated carbocycles. The van der Waals surface area contributed by atoms with E-state index < -0.39 is 18.5 Å². The molecule has 0 fully saturated rings. The molecule has 0 saturated heterocycles. The van der Waals surface area contributed by atoms with Gasteiger partial charge in [-0.1, -0.05) is 19.9 Å². The summed E-state index contributed by atoms with van der Waals surface area (Å²) in [7, 11) is 0. The highest BCUT2D eigenvalue weighted by Gasteiger charge is 2.28. The van der Waals surface area contributed by atoms with Crippen LogP contribution in [0.15, 0.2) is 24.3 Å². The maximum absolute atomic E-state index is 12.7. The predicted octanol–water partition coefficient (Wildman–Crippen LogP) is 3.39. The molecule has 0 spiro atoms. The molecule has 0 aliphatic rings. The molecule has 1 amide bonds. The van der Waals surface area contributed by atoms with Crippen molar-refractivity contribution in [1.82, 2.24) is 19.9 Å². The third kappa shape index (κ3) is 6.07. The van der Waals surface area contributed by atoms with Gasteiger partial charge in [0, 0.05) is 25.6 Å². The van der Waals surface area contributed by atoms with E-state index in [0.29, 0.717) is 23.4 Å². The Morgan fingerprint density at radius 2 is 2.04 bits per heavy atom. The maximum Gasteiger partial charge on any atom is 0.389 e. The molecule has 0 bridgehead atoms. The summed E-state index contributed by atoms with van der Waals surface area (Å²) in [5.41, 5.74) is 3.49. The summed E-state index contributed by atoms with van der Waals surface area (Å²) in [4.78, 5) is 17.7. The number of amides is 1. The molecule has 1 aromatic carbocycles. The number of carbonyl (C=O) groups is 1. The molecule has 0 unspecified atom stereocenters. The van der Waals surface area contributed by atoms with Crippen LogP contribution in [0.4, 0.5) is 13.2 Å². The second kappa shape index (κ2) is 9.70. The van der Waals surface area contributed by atoms with E-state index in [1.165, 1.54) is 11.6 Å². The van der Waals surface area contributed by atoms with Crippen molar-refractivity contribution < 1.29 is 23.2 Å². The van der Waals surface area contributed by atoms with Crippen molar-refractivity contribution in [2.75, 3.05) is 19.6 Å². The molecule has 28 heavy (non-hydrogen) atoms. The van der Waals surface area contributed by atoms with Gasteiger partial charge in [-0.15, -0.1) is 0 Å². The molecule has 2 N–H and O–H groups in total. The standard InChI is InChI=1S/C19H25F3N4O2/c1-3-25(4-2)11-12-26-16-7-5-14(6-8-18(27)24-28)13-15(16)23-17(26)9-10-19(20,21)22/h5-8,13,28H,3-4,9-12H2,1-2H3,(H,24,27). The SMILES string of the molecule is CCN(CC)CCn1c(CCC(F)(F)F)nc2cc(C=CC(=O)NO)ccc21. The van der Waals surface area contributed by atoms with Gasteiger partial charge in [0.25, 0.3) is 5.91 Å². The van der Waals surface area contributed by atoms with E-state index in [4.69, 9.17) is 5.21 Å². The number of fused-ring (bicyclic) bond motifs is 1. The zero-order chi connectivity index (χ0) is 20.7. The largest absolute Gasteiger partial charge is 0.389 e. The lowest BCUT2D eigenvalue weighted by Gasteiger charge is -2.19. The number of likely N-dealkylation sites (N-methyl/N-ethyl adjacent to an activating group) is 1. The minimum atomic E-state index is -4.24. The molecule has 9 heteroatoms. The number of aromatic nitrogens is 2. The summed E-state index contributed by atoms with van der Waals surface area (Å²) in [5.74, 6) is -0.274. The Labute approximate surface area is 161 Å². The molecule has 0 atom stereocenters. The van der Waals surface area contributed by atoms with Crippen LogP contribution in [0, 0.1) is 0 Å². The van der Waals surface area contributed by atoms with Crippen LogP contribution in [-0.2, 0) is 17.8 Å². The predicted molar refractivity (Wildman–Crippen MR) is 101 cm³/mol. The van der Waals surface area contributed by atoms with Crippen LogP contribution in [0.1, 0.15) is 31.7 Å². The van der Waals surface area contributed by atoms with Crippen molar-refractivity contribution in [3.8, 4) is 0 Å². The number of rotatable bonds is 9. The highest BCUT2D eigenvalue weighted by Crippen LogP contribution is 2.25. The lowest BCUT2D eigenvalue weighted by Crippen LogP contribution is -2.27. The summed E-state index contributed by atoms with van der Waals surface area (Å²) in [6, 6.07) is 5.26. The number of halogens is 3. The number of nitrogens with zero attached hydrogens (tertiary/aromatic N) is 3. The van der Waals surface area contributed by atoms with Gasteiger partial charge in [-0.2, -0.15) is 13.2 Å². The van der Waals surface area contributed by atoms with Gasteiger partial charge in [-0.25, -0.2) is 10.5 Å². The molecular weight excluding hydrogens is 373 g/mol. The Hall–Kier alpha value is -2.39. The Balaban J connectivity index is 2.34. The van der Waals surface area contributed by atoms with Crippen molar-refractivity contribution in [3.05, 3.63) is 35.7 Å². The fourth-order valence-corrected chi connectivity index (χ4v) is 2.98. The molecule has 0 aliphatic heterocycles. The van der Waals surface area contributed by atoms with Gasteiger partial charge >= 0.3 is 6.18 Å². The van der Waals surface area contributed by atoms with E-state index >= 15 is 0 Å². The van der Waals surface area contributed by atoms with Crippen LogP contribution in [0.5, 0.6) is 0 Å². The second-order valence-corrected chi connectivity index (χ2v) is 6.38. The van der Waals surface area contributed by atoms with E-state index in [9.17, 15) is 18.0 Å². The number of hydrogen-bond donors (Lipinski definition) is 2. The Morgan fingerprint density at radius 3 is 2.64 bits per heavy atom. The summed E-state index contributed by atoms with van der Waals surface area (Å²) in [5, 5.41) is 8.53. The zero-order valence-electron chi connectivity index (χ0n) is 16.0. The van der Waals surface area contributed by atoms with E-state index in [0.717, 1.165) is 31.2 Å². The number of hydrogen-bond acceptors (Lipinski definition) is 4. The lowest BCUT2D eigenvalue weighted by atomic mass is 10.2. The van der Waals surface area contributed by atoms with E-state index in [-0.39, 0.29) is 6.42 Å². The second-order valence-electron chi connectivity index (χ2n) is 6.38. The van der Waals surface area contributed by atoms with Crippen LogP contribution < -0.4 is 5.48 Å². The molecule has 154 valence electrons. The van der Waals surface area contributed by atoms with Gasteiger partial charge in [0.1, 0.15) is 5.82 Å². The summed E-state index contributed by atoms with van der Waals surface area (Å²) >= 11 is 0. The maximum atomic E-state index is 12.7. The fourth-order valence-electron chi connectivity index (χ4n) is 2.98. The summed E-state index contributed by atoms with van der Waals surface area (Å²) in [6.07, 6.45) is -2.70. The van der Waals surface area contributed by atoms with Gasteiger partial charge in [0.05, 0.1) is 17.5 Å². The van der Waals surface area contributed by atoms with Crippen LogP contribution in [0.25, 0.3) is 17.1 Å². The number of hydroxylamine groups is 1. The number of alkyl halides is 3. The van der Waals surface area contributed by atoms with Gasteiger partial charge in [0.15, 0.2) is 0 Å².